The van der Waals surface area contributed by atoms with E-state index in [1.54, 1.807) is 13.8 Å². The summed E-state index contributed by atoms with van der Waals surface area (Å²) in [6, 6.07) is 8.56. The average Bonchev–Trinajstić information content (AvgIpc) is 3.34. The van der Waals surface area contributed by atoms with Gasteiger partial charge in [0.1, 0.15) is 6.33 Å². The molecule has 2 atom stereocenters. The topological polar surface area (TPSA) is 120 Å². The maximum atomic E-state index is 12.9. The first kappa shape index (κ1) is 21.1. The number of hydrogen-bond donors (Lipinski definition) is 1. The van der Waals surface area contributed by atoms with Gasteiger partial charge in [0.15, 0.2) is 17.9 Å². The van der Waals surface area contributed by atoms with E-state index in [2.05, 4.69) is 20.5 Å². The van der Waals surface area contributed by atoms with Crippen LogP contribution in [0.3, 0.4) is 0 Å². The third-order valence-corrected chi connectivity index (χ3v) is 4.93. The predicted octanol–water partition coefficient (Wildman–Crippen LogP) is 2.42. The first-order valence-corrected chi connectivity index (χ1v) is 9.50. The van der Waals surface area contributed by atoms with Gasteiger partial charge in [-0.15, -0.1) is 5.10 Å². The first-order valence-electron chi connectivity index (χ1n) is 9.50. The molecule has 1 N–H and O–H groups in total. The van der Waals surface area contributed by atoms with Gasteiger partial charge < -0.3 is 9.72 Å². The number of benzene rings is 1. The molecule has 0 radical (unpaired) electrons. The first-order chi connectivity index (χ1) is 14.3. The number of carbonyl (C=O) groups is 3. The van der Waals surface area contributed by atoms with Gasteiger partial charge in [-0.2, -0.15) is 0 Å². The lowest BCUT2D eigenvalue weighted by molar-refractivity contribution is -0.150. The van der Waals surface area contributed by atoms with Crippen LogP contribution in [0, 0.1) is 13.8 Å². The van der Waals surface area contributed by atoms with Crippen molar-refractivity contribution in [3.8, 4) is 0 Å². The highest BCUT2D eigenvalue weighted by molar-refractivity contribution is 6.05. The van der Waals surface area contributed by atoms with Gasteiger partial charge in [0.25, 0.3) is 0 Å². The molecule has 0 aliphatic rings. The Bertz CT molecular complexity index is 1060. The Morgan fingerprint density at radius 1 is 1.17 bits per heavy atom. The van der Waals surface area contributed by atoms with Crippen LogP contribution in [0.2, 0.25) is 0 Å². The second-order valence-electron chi connectivity index (χ2n) is 7.12. The number of aryl methyl sites for hydroxylation is 1. The molecule has 0 saturated carbocycles. The Morgan fingerprint density at radius 2 is 1.87 bits per heavy atom. The largest absolute Gasteiger partial charge is 0.453 e. The molecule has 3 aromatic rings. The molecule has 0 unspecified atom stereocenters. The summed E-state index contributed by atoms with van der Waals surface area (Å²) in [5.74, 6) is -1.17. The molecule has 0 amide bonds. The summed E-state index contributed by atoms with van der Waals surface area (Å²) in [6.45, 7) is 6.37. The molecule has 0 fully saturated rings. The quantitative estimate of drug-likeness (QED) is 0.448. The summed E-state index contributed by atoms with van der Waals surface area (Å²) in [4.78, 5) is 40.6. The van der Waals surface area contributed by atoms with E-state index in [1.165, 1.54) is 24.9 Å². The predicted molar refractivity (Wildman–Crippen MR) is 107 cm³/mol. The zero-order valence-electron chi connectivity index (χ0n) is 17.2. The number of nitrogens with one attached hydrogen (secondary N) is 1. The van der Waals surface area contributed by atoms with Gasteiger partial charge in [0.05, 0.1) is 5.69 Å². The zero-order valence-corrected chi connectivity index (χ0v) is 17.2. The third-order valence-electron chi connectivity index (χ3n) is 4.93. The number of H-pyrrole nitrogens is 1. The Hall–Kier alpha value is -3.62. The van der Waals surface area contributed by atoms with Crippen LogP contribution in [0.15, 0.2) is 36.7 Å². The summed E-state index contributed by atoms with van der Waals surface area (Å²) in [6.07, 6.45) is 0.587. The lowest BCUT2D eigenvalue weighted by atomic mass is 10.0. The number of ether oxygens (including phenoxy) is 1. The Labute approximate surface area is 173 Å². The molecule has 9 heteroatoms. The minimum atomic E-state index is -1.05. The Balaban J connectivity index is 1.79. The summed E-state index contributed by atoms with van der Waals surface area (Å²) < 4.78 is 6.79. The zero-order chi connectivity index (χ0) is 21.8. The molecule has 0 saturated heterocycles. The number of ketones is 2. The van der Waals surface area contributed by atoms with Gasteiger partial charge in [0, 0.05) is 17.7 Å². The van der Waals surface area contributed by atoms with Gasteiger partial charge in [-0.3, -0.25) is 9.59 Å². The van der Waals surface area contributed by atoms with Gasteiger partial charge in [-0.1, -0.05) is 30.3 Å². The minimum Gasteiger partial charge on any atom is -0.453 e. The van der Waals surface area contributed by atoms with E-state index in [9.17, 15) is 14.4 Å². The standard InChI is InChI=1S/C21H23N5O4/c1-12-18(14(3)27)13(2)23-19(12)20(28)15(4)30-21(29)17(26-11-22-24-25-26)10-16-8-6-5-7-9-16/h5-9,11,15,17,23H,10H2,1-4H3/t15-,17-/m1/s1. The highest BCUT2D eigenvalue weighted by Gasteiger charge is 2.30. The number of aromatic amines is 1. The smallest absolute Gasteiger partial charge is 0.332 e. The van der Waals surface area contributed by atoms with Crippen molar-refractivity contribution in [2.24, 2.45) is 0 Å². The number of rotatable bonds is 8. The minimum absolute atomic E-state index is 0.133. The van der Waals surface area contributed by atoms with Crippen LogP contribution in [-0.2, 0) is 16.0 Å². The van der Waals surface area contributed by atoms with Crippen LogP contribution in [0.4, 0.5) is 0 Å². The maximum Gasteiger partial charge on any atom is 0.332 e. The van der Waals surface area contributed by atoms with Crippen molar-refractivity contribution < 1.29 is 19.1 Å². The molecular weight excluding hydrogens is 386 g/mol. The molecule has 30 heavy (non-hydrogen) atoms. The maximum absolute atomic E-state index is 12.9. The lowest BCUT2D eigenvalue weighted by Crippen LogP contribution is -2.31. The molecule has 0 bridgehead atoms. The number of esters is 1. The fourth-order valence-electron chi connectivity index (χ4n) is 3.47. The van der Waals surface area contributed by atoms with Gasteiger partial charge in [-0.05, 0) is 49.2 Å². The molecule has 1 aromatic carbocycles. The SMILES string of the molecule is CC(=O)c1c(C)[nH]c(C(=O)[C@@H](C)OC(=O)[C@@H](Cc2ccccc2)n2cnnn2)c1C. The number of Topliss-reactive ketones (excluding diaryl/α,β-unsaturated/α-hetero) is 2. The second kappa shape index (κ2) is 8.81. The van der Waals surface area contributed by atoms with E-state index in [4.69, 9.17) is 4.74 Å². The van der Waals surface area contributed by atoms with Crippen molar-refractivity contribution in [1.82, 2.24) is 25.2 Å². The number of aromatic nitrogens is 5. The highest BCUT2D eigenvalue weighted by Crippen LogP contribution is 2.22. The molecule has 0 aliphatic carbocycles. The Kier molecular flexibility index (Phi) is 6.20. The van der Waals surface area contributed by atoms with Gasteiger partial charge in [0.2, 0.25) is 5.78 Å². The number of tetrazole rings is 1. The van der Waals surface area contributed by atoms with Crippen LogP contribution in [-0.4, -0.2) is 48.8 Å². The van der Waals surface area contributed by atoms with E-state index in [-0.39, 0.29) is 11.5 Å². The van der Waals surface area contributed by atoms with E-state index in [1.807, 2.05) is 30.3 Å². The molecule has 9 nitrogen and oxygen atoms in total. The van der Waals surface area contributed by atoms with Crippen molar-refractivity contribution >= 4 is 17.5 Å². The summed E-state index contributed by atoms with van der Waals surface area (Å²) in [5.41, 5.74) is 2.80. The van der Waals surface area contributed by atoms with E-state index in [0.717, 1.165) is 5.56 Å². The fraction of sp³-hybridized carbons (Fsp3) is 0.333. The Morgan fingerprint density at radius 3 is 2.43 bits per heavy atom. The molecule has 3 rings (SSSR count). The van der Waals surface area contributed by atoms with E-state index >= 15 is 0 Å². The van der Waals surface area contributed by atoms with Gasteiger partial charge in [-0.25, -0.2) is 9.48 Å². The molecule has 0 spiro atoms. The summed E-state index contributed by atoms with van der Waals surface area (Å²) >= 11 is 0. The van der Waals surface area contributed by atoms with Crippen molar-refractivity contribution in [1.29, 1.82) is 0 Å². The summed E-state index contributed by atoms with van der Waals surface area (Å²) in [5, 5.41) is 11.0. The molecule has 156 valence electrons. The monoisotopic (exact) mass is 409 g/mol. The summed E-state index contributed by atoms with van der Waals surface area (Å²) in [7, 11) is 0. The van der Waals surface area contributed by atoms with Crippen LogP contribution < -0.4 is 0 Å². The van der Waals surface area contributed by atoms with Crippen LogP contribution in [0.5, 0.6) is 0 Å². The van der Waals surface area contributed by atoms with E-state index < -0.39 is 23.9 Å². The van der Waals surface area contributed by atoms with Gasteiger partial charge >= 0.3 is 5.97 Å². The van der Waals surface area contributed by atoms with Crippen LogP contribution >= 0.6 is 0 Å². The number of carbonyl (C=O) groups excluding carboxylic acids is 3. The van der Waals surface area contributed by atoms with Crippen molar-refractivity contribution in [2.75, 3.05) is 0 Å². The molecular formula is C21H23N5O4. The van der Waals surface area contributed by atoms with Crippen molar-refractivity contribution in [2.45, 2.75) is 46.3 Å². The average molecular weight is 409 g/mol. The fourth-order valence-corrected chi connectivity index (χ4v) is 3.47. The second-order valence-corrected chi connectivity index (χ2v) is 7.12. The van der Waals surface area contributed by atoms with Crippen molar-refractivity contribution in [3.63, 3.8) is 0 Å². The lowest BCUT2D eigenvalue weighted by Gasteiger charge is -2.18. The number of nitrogens with zero attached hydrogens (tertiary/aromatic N) is 4. The van der Waals surface area contributed by atoms with Crippen LogP contribution in [0.1, 0.15) is 57.6 Å². The van der Waals surface area contributed by atoms with Crippen molar-refractivity contribution in [3.05, 3.63) is 64.7 Å². The normalized spacial score (nSPS) is 12.9. The molecule has 2 aromatic heterocycles. The highest BCUT2D eigenvalue weighted by atomic mass is 16.5. The number of hydrogen-bond acceptors (Lipinski definition) is 7. The molecule has 0 aliphatic heterocycles. The molecule has 2 heterocycles. The van der Waals surface area contributed by atoms with E-state index in [0.29, 0.717) is 23.2 Å². The third kappa shape index (κ3) is 4.35. The van der Waals surface area contributed by atoms with Crippen LogP contribution in [0.25, 0.3) is 0 Å².